The molecule has 9 aromatic carbocycles. The van der Waals surface area contributed by atoms with Crippen molar-refractivity contribution in [3.8, 4) is 11.5 Å². The van der Waals surface area contributed by atoms with E-state index >= 15 is 0 Å². The van der Waals surface area contributed by atoms with E-state index in [1.807, 2.05) is 30.3 Å². The van der Waals surface area contributed by atoms with E-state index in [-0.39, 0.29) is 0 Å². The molecule has 3 heterocycles. The fourth-order valence-corrected chi connectivity index (χ4v) is 8.34. The first-order chi connectivity index (χ1) is 26.7. The summed E-state index contributed by atoms with van der Waals surface area (Å²) >= 11 is 0. The van der Waals surface area contributed by atoms with Gasteiger partial charge >= 0.3 is 0 Å². The average molecular weight is 693 g/mol. The van der Waals surface area contributed by atoms with Gasteiger partial charge in [-0.3, -0.25) is 0 Å². The zero-order valence-corrected chi connectivity index (χ0v) is 28.8. The van der Waals surface area contributed by atoms with E-state index in [0.29, 0.717) is 5.89 Å². The van der Waals surface area contributed by atoms with Gasteiger partial charge in [-0.2, -0.15) is 0 Å². The Balaban J connectivity index is 1.09. The summed E-state index contributed by atoms with van der Waals surface area (Å²) < 4.78 is 20.0. The summed E-state index contributed by atoms with van der Waals surface area (Å²) in [5.41, 5.74) is 8.63. The minimum absolute atomic E-state index is 0.564. The lowest BCUT2D eigenvalue weighted by Gasteiger charge is -2.26. The molecule has 0 spiro atoms. The molecule has 3 aromatic heterocycles. The molecule has 0 saturated heterocycles. The van der Waals surface area contributed by atoms with E-state index in [1.54, 1.807) is 0 Å². The molecule has 0 unspecified atom stereocenters. The Morgan fingerprint density at radius 1 is 0.389 bits per heavy atom. The number of oxazole rings is 1. The first kappa shape index (κ1) is 29.2. The molecule has 12 rings (SSSR count). The summed E-state index contributed by atoms with van der Waals surface area (Å²) in [6, 6.07) is 59.1. The fraction of sp³-hybridized carbons (Fsp3) is 0. The van der Waals surface area contributed by atoms with E-state index in [4.69, 9.17) is 18.2 Å². The maximum Gasteiger partial charge on any atom is 0.228 e. The Labute approximate surface area is 307 Å². The van der Waals surface area contributed by atoms with Crippen LogP contribution in [0.15, 0.2) is 183 Å². The average Bonchev–Trinajstić information content (AvgIpc) is 3.95. The van der Waals surface area contributed by atoms with Crippen molar-refractivity contribution >= 4 is 104 Å². The Bertz CT molecular complexity index is 3480. The van der Waals surface area contributed by atoms with Gasteiger partial charge < -0.3 is 18.2 Å². The van der Waals surface area contributed by atoms with Crippen LogP contribution in [-0.2, 0) is 0 Å². The van der Waals surface area contributed by atoms with Crippen molar-refractivity contribution in [2.45, 2.75) is 0 Å². The van der Waals surface area contributed by atoms with Crippen LogP contribution in [0.3, 0.4) is 0 Å². The zero-order valence-electron chi connectivity index (χ0n) is 28.8. The summed E-state index contributed by atoms with van der Waals surface area (Å²) in [6.07, 6.45) is 0. The molecule has 54 heavy (non-hydrogen) atoms. The summed E-state index contributed by atoms with van der Waals surface area (Å²) in [5.74, 6) is 0.564. The third-order valence-electron chi connectivity index (χ3n) is 10.9. The molecule has 5 nitrogen and oxygen atoms in total. The molecular weight excluding hydrogens is 665 g/mol. The summed E-state index contributed by atoms with van der Waals surface area (Å²) in [6.45, 7) is 0. The van der Waals surface area contributed by atoms with Gasteiger partial charge in [0, 0.05) is 49.6 Å². The summed E-state index contributed by atoms with van der Waals surface area (Å²) in [7, 11) is 0. The van der Waals surface area contributed by atoms with Gasteiger partial charge in [-0.15, -0.1) is 0 Å². The lowest BCUT2D eigenvalue weighted by atomic mass is 10.0. The van der Waals surface area contributed by atoms with E-state index < -0.39 is 0 Å². The first-order valence-corrected chi connectivity index (χ1v) is 18.1. The monoisotopic (exact) mass is 692 g/mol. The first-order valence-electron chi connectivity index (χ1n) is 18.1. The lowest BCUT2D eigenvalue weighted by Crippen LogP contribution is -2.10. The minimum atomic E-state index is 0.564. The van der Waals surface area contributed by atoms with E-state index in [0.717, 1.165) is 105 Å². The second-order valence-corrected chi connectivity index (χ2v) is 13.9. The molecule has 0 atom stereocenters. The third kappa shape index (κ3) is 4.24. The van der Waals surface area contributed by atoms with Crippen molar-refractivity contribution < 1.29 is 13.3 Å². The highest BCUT2D eigenvalue weighted by Crippen LogP contribution is 2.46. The maximum absolute atomic E-state index is 6.85. The van der Waals surface area contributed by atoms with Crippen molar-refractivity contribution in [2.75, 3.05) is 4.90 Å². The predicted molar refractivity (Wildman–Crippen MR) is 221 cm³/mol. The van der Waals surface area contributed by atoms with Crippen molar-refractivity contribution in [3.63, 3.8) is 0 Å². The lowest BCUT2D eigenvalue weighted by molar-refractivity contribution is 0.620. The zero-order chi connectivity index (χ0) is 35.3. The number of para-hydroxylation sites is 1. The number of nitrogens with zero attached hydrogens (tertiary/aromatic N) is 2. The van der Waals surface area contributed by atoms with E-state index in [9.17, 15) is 0 Å². The van der Waals surface area contributed by atoms with E-state index in [2.05, 4.69) is 144 Å². The number of furan rings is 2. The molecule has 0 N–H and O–H groups in total. The quantitative estimate of drug-likeness (QED) is 0.184. The Morgan fingerprint density at radius 3 is 1.96 bits per heavy atom. The van der Waals surface area contributed by atoms with Crippen LogP contribution in [0.5, 0.6) is 0 Å². The predicted octanol–water partition coefficient (Wildman–Crippen LogP) is 14.2. The molecule has 12 aromatic rings. The normalized spacial score (nSPS) is 12.1. The van der Waals surface area contributed by atoms with Crippen LogP contribution >= 0.6 is 0 Å². The molecule has 0 aliphatic rings. The maximum atomic E-state index is 6.85. The Kier molecular flexibility index (Phi) is 5.99. The topological polar surface area (TPSA) is 55.6 Å². The number of hydrogen-bond acceptors (Lipinski definition) is 5. The number of hydrogen-bond donors (Lipinski definition) is 0. The minimum Gasteiger partial charge on any atom is -0.455 e. The van der Waals surface area contributed by atoms with Crippen LogP contribution in [0.25, 0.3) is 98.7 Å². The molecule has 252 valence electrons. The van der Waals surface area contributed by atoms with Crippen LogP contribution in [-0.4, -0.2) is 4.98 Å². The number of aromatic nitrogens is 1. The SMILES string of the molecule is c1ccc2cc(N(c3ccc4c(c3)oc3c5ccccc5ccc43)c3cccc4c3oc3cccc(-c5nc6c(ccc7ccccc76)o5)c34)ccc2c1. The van der Waals surface area contributed by atoms with Gasteiger partial charge in [-0.1, -0.05) is 109 Å². The van der Waals surface area contributed by atoms with Crippen molar-refractivity contribution in [1.29, 1.82) is 0 Å². The second-order valence-electron chi connectivity index (χ2n) is 13.9. The second kappa shape index (κ2) is 11.1. The van der Waals surface area contributed by atoms with Gasteiger partial charge in [0.05, 0.1) is 11.4 Å². The van der Waals surface area contributed by atoms with Gasteiger partial charge in [0.2, 0.25) is 5.89 Å². The molecule has 0 aliphatic carbocycles. The Hall–Kier alpha value is -7.37. The molecule has 0 radical (unpaired) electrons. The third-order valence-corrected chi connectivity index (χ3v) is 10.9. The van der Waals surface area contributed by atoms with Gasteiger partial charge in [0.1, 0.15) is 22.3 Å². The van der Waals surface area contributed by atoms with Crippen molar-refractivity contribution in [3.05, 3.63) is 170 Å². The highest BCUT2D eigenvalue weighted by atomic mass is 16.4. The molecule has 0 aliphatic heterocycles. The van der Waals surface area contributed by atoms with Gasteiger partial charge in [0.15, 0.2) is 11.2 Å². The van der Waals surface area contributed by atoms with Crippen LogP contribution < -0.4 is 4.90 Å². The van der Waals surface area contributed by atoms with Gasteiger partial charge in [-0.05, 0) is 76.1 Å². The Morgan fingerprint density at radius 2 is 1.06 bits per heavy atom. The fourth-order valence-electron chi connectivity index (χ4n) is 8.34. The molecule has 0 amide bonds. The van der Waals surface area contributed by atoms with Crippen LogP contribution in [0.4, 0.5) is 17.1 Å². The largest absolute Gasteiger partial charge is 0.455 e. The number of benzene rings is 9. The molecular formula is C49H28N2O3. The van der Waals surface area contributed by atoms with Crippen LogP contribution in [0, 0.1) is 0 Å². The number of fused-ring (bicyclic) bond motifs is 12. The standard InChI is InChI=1S/C49H28N2O3/c1-2-12-32-27-33(22-19-29(32)9-1)51(34-23-25-37-38-24-20-31-11-4-6-14-36(31)47(38)53-44(37)28-34)41-17-7-15-39-45-40(16-8-18-42(45)52-48(39)41)49-50-46-35-13-5-3-10-30(35)21-26-43(46)54-49/h1-28H. The molecule has 0 bridgehead atoms. The molecule has 5 heteroatoms. The molecule has 0 fully saturated rings. The smallest absolute Gasteiger partial charge is 0.228 e. The van der Waals surface area contributed by atoms with Crippen LogP contribution in [0.1, 0.15) is 0 Å². The van der Waals surface area contributed by atoms with Crippen molar-refractivity contribution in [2.24, 2.45) is 0 Å². The van der Waals surface area contributed by atoms with Crippen LogP contribution in [0.2, 0.25) is 0 Å². The van der Waals surface area contributed by atoms with Gasteiger partial charge in [0.25, 0.3) is 0 Å². The van der Waals surface area contributed by atoms with Crippen molar-refractivity contribution in [1.82, 2.24) is 4.98 Å². The summed E-state index contributed by atoms with van der Waals surface area (Å²) in [5, 5.41) is 10.9. The highest BCUT2D eigenvalue weighted by molar-refractivity contribution is 6.17. The van der Waals surface area contributed by atoms with E-state index in [1.165, 1.54) is 5.39 Å². The van der Waals surface area contributed by atoms with Gasteiger partial charge in [-0.25, -0.2) is 4.98 Å². The summed E-state index contributed by atoms with van der Waals surface area (Å²) in [4.78, 5) is 7.34. The highest BCUT2D eigenvalue weighted by Gasteiger charge is 2.24. The number of anilines is 3. The molecule has 0 saturated carbocycles. The number of rotatable bonds is 4.